The van der Waals surface area contributed by atoms with Crippen molar-refractivity contribution in [2.45, 2.75) is 39.3 Å². The maximum atomic E-state index is 13.1. The molecule has 0 atom stereocenters. The lowest BCUT2D eigenvalue weighted by atomic mass is 10.2. The van der Waals surface area contributed by atoms with E-state index >= 15 is 0 Å². The molecule has 3 rings (SSSR count). The minimum atomic E-state index is -0.666. The van der Waals surface area contributed by atoms with Gasteiger partial charge in [0, 0.05) is 25.0 Å². The molecule has 0 radical (unpaired) electrons. The lowest BCUT2D eigenvalue weighted by Gasteiger charge is -2.24. The van der Waals surface area contributed by atoms with E-state index in [1.165, 1.54) is 0 Å². The van der Waals surface area contributed by atoms with E-state index in [0.717, 1.165) is 18.5 Å². The fraction of sp³-hybridized carbons (Fsp3) is 0.323. The number of benzene rings is 2. The molecule has 0 saturated heterocycles. The zero-order valence-corrected chi connectivity index (χ0v) is 24.6. The normalized spacial score (nSPS) is 10.9. The Morgan fingerprint density at radius 3 is 2.14 bits per heavy atom. The number of pyridine rings is 1. The number of anilines is 3. The number of nitriles is 1. The van der Waals surface area contributed by atoms with Gasteiger partial charge in [-0.15, -0.1) is 0 Å². The summed E-state index contributed by atoms with van der Waals surface area (Å²) in [5.41, 5.74) is 2.13. The number of carbonyl (C=O) groups is 3. The maximum Gasteiger partial charge on any atom is 0.412 e. The van der Waals surface area contributed by atoms with E-state index in [1.54, 1.807) is 92.5 Å². The molecule has 1 heterocycles. The van der Waals surface area contributed by atoms with Gasteiger partial charge in [0.1, 0.15) is 11.3 Å². The molecule has 11 heteroatoms. The summed E-state index contributed by atoms with van der Waals surface area (Å²) in [7, 11) is 3.95. The second-order valence-corrected chi connectivity index (χ2v) is 10.9. The van der Waals surface area contributed by atoms with Gasteiger partial charge in [0.2, 0.25) is 0 Å². The van der Waals surface area contributed by atoms with Gasteiger partial charge in [0.05, 0.1) is 23.0 Å². The van der Waals surface area contributed by atoms with Crippen molar-refractivity contribution in [1.82, 2.24) is 14.8 Å². The highest BCUT2D eigenvalue weighted by Crippen LogP contribution is 2.23. The zero-order chi connectivity index (χ0) is 30.7. The lowest BCUT2D eigenvalue weighted by Crippen LogP contribution is -2.36. The summed E-state index contributed by atoms with van der Waals surface area (Å²) in [5.74, 6) is -0.457. The third kappa shape index (κ3) is 10.2. The molecule has 220 valence electrons. The number of hydrogen-bond donors (Lipinski definition) is 3. The lowest BCUT2D eigenvalue weighted by molar-refractivity contribution is 0.0635. The maximum absolute atomic E-state index is 13.1. The number of amides is 4. The molecule has 0 aliphatic carbocycles. The average Bonchev–Trinajstić information content (AvgIpc) is 2.93. The van der Waals surface area contributed by atoms with Crippen LogP contribution in [0.5, 0.6) is 0 Å². The van der Waals surface area contributed by atoms with Crippen LogP contribution < -0.4 is 16.0 Å². The Morgan fingerprint density at radius 2 is 1.57 bits per heavy atom. The van der Waals surface area contributed by atoms with Gasteiger partial charge in [-0.1, -0.05) is 18.2 Å². The molecule has 0 saturated carbocycles. The molecule has 3 aromatic rings. The van der Waals surface area contributed by atoms with E-state index in [9.17, 15) is 14.4 Å². The summed E-state index contributed by atoms with van der Waals surface area (Å²) >= 11 is 0. The quantitative estimate of drug-likeness (QED) is 0.290. The SMILES string of the molecule is CN(C)CCCN(Cc1ccc(C(=O)Nc2ccccc2NC(=O)OC(C)(C)C)nc1)C(=O)Nc1ccc(C#N)cc1. The molecule has 4 amide bonds. The summed E-state index contributed by atoms with van der Waals surface area (Å²) < 4.78 is 5.30. The van der Waals surface area contributed by atoms with Crippen LogP contribution in [-0.2, 0) is 11.3 Å². The smallest absolute Gasteiger partial charge is 0.412 e. The highest BCUT2D eigenvalue weighted by Gasteiger charge is 2.19. The molecule has 1 aromatic heterocycles. The van der Waals surface area contributed by atoms with Gasteiger partial charge in [0.25, 0.3) is 5.91 Å². The van der Waals surface area contributed by atoms with Crippen molar-refractivity contribution in [3.05, 3.63) is 83.7 Å². The van der Waals surface area contributed by atoms with E-state index in [-0.39, 0.29) is 18.3 Å². The van der Waals surface area contributed by atoms with Crippen molar-refractivity contribution < 1.29 is 19.1 Å². The third-order valence-corrected chi connectivity index (χ3v) is 5.83. The van der Waals surface area contributed by atoms with Crippen molar-refractivity contribution in [2.75, 3.05) is 43.1 Å². The van der Waals surface area contributed by atoms with Gasteiger partial charge in [0.15, 0.2) is 0 Å². The van der Waals surface area contributed by atoms with Crippen LogP contribution in [0.2, 0.25) is 0 Å². The summed E-state index contributed by atoms with van der Waals surface area (Å²) in [6.45, 7) is 6.89. The molecular formula is C31H37N7O4. The number of hydrogen-bond acceptors (Lipinski definition) is 7. The molecule has 42 heavy (non-hydrogen) atoms. The Morgan fingerprint density at radius 1 is 0.905 bits per heavy atom. The Hall–Kier alpha value is -4.95. The van der Waals surface area contributed by atoms with Crippen LogP contribution in [-0.4, -0.2) is 65.6 Å². The van der Waals surface area contributed by atoms with Gasteiger partial charge in [-0.2, -0.15) is 5.26 Å². The molecule has 0 unspecified atom stereocenters. The van der Waals surface area contributed by atoms with E-state index < -0.39 is 17.6 Å². The third-order valence-electron chi connectivity index (χ3n) is 5.83. The van der Waals surface area contributed by atoms with Gasteiger partial charge in [-0.25, -0.2) is 9.59 Å². The number of urea groups is 1. The number of carbonyl (C=O) groups excluding carboxylic acids is 3. The van der Waals surface area contributed by atoms with Crippen LogP contribution >= 0.6 is 0 Å². The minimum absolute atomic E-state index is 0.173. The standard InChI is InChI=1S/C31H37N7O4/c1-31(2,3)42-30(41)36-26-10-7-6-9-25(26)35-28(39)27-16-13-23(20-33-27)21-38(18-8-17-37(4)5)29(40)34-24-14-11-22(19-32)12-15-24/h6-7,9-16,20H,8,17-18,21H2,1-5H3,(H,34,40)(H,35,39)(H,36,41). The van der Waals surface area contributed by atoms with Crippen LogP contribution in [0.15, 0.2) is 66.9 Å². The van der Waals surface area contributed by atoms with Crippen molar-refractivity contribution in [3.8, 4) is 6.07 Å². The van der Waals surface area contributed by atoms with Gasteiger partial charge in [-0.3, -0.25) is 15.1 Å². The molecule has 0 spiro atoms. The van der Waals surface area contributed by atoms with Crippen LogP contribution in [0.1, 0.15) is 48.8 Å². The van der Waals surface area contributed by atoms with Crippen molar-refractivity contribution >= 4 is 35.1 Å². The first-order valence-corrected chi connectivity index (χ1v) is 13.5. The second-order valence-electron chi connectivity index (χ2n) is 10.9. The number of ether oxygens (including phenoxy) is 1. The van der Waals surface area contributed by atoms with E-state index in [1.807, 2.05) is 19.0 Å². The molecule has 2 aromatic carbocycles. The van der Waals surface area contributed by atoms with Crippen molar-refractivity contribution in [3.63, 3.8) is 0 Å². The Bertz CT molecular complexity index is 1410. The second kappa shape index (κ2) is 14.6. The summed E-state index contributed by atoms with van der Waals surface area (Å²) in [4.78, 5) is 46.4. The van der Waals surface area contributed by atoms with Crippen molar-refractivity contribution in [2.24, 2.45) is 0 Å². The highest BCUT2D eigenvalue weighted by molar-refractivity contribution is 6.05. The number of nitrogens with zero attached hydrogens (tertiary/aromatic N) is 4. The molecule has 11 nitrogen and oxygen atoms in total. The largest absolute Gasteiger partial charge is 0.444 e. The number of nitrogens with one attached hydrogen (secondary N) is 3. The van der Waals surface area contributed by atoms with Crippen LogP contribution in [0, 0.1) is 11.3 Å². The molecule has 0 aliphatic heterocycles. The van der Waals surface area contributed by atoms with Crippen LogP contribution in [0.4, 0.5) is 26.7 Å². The first-order valence-electron chi connectivity index (χ1n) is 13.5. The van der Waals surface area contributed by atoms with Crippen LogP contribution in [0.25, 0.3) is 0 Å². The minimum Gasteiger partial charge on any atom is -0.444 e. The topological polar surface area (TPSA) is 140 Å². The monoisotopic (exact) mass is 571 g/mol. The highest BCUT2D eigenvalue weighted by atomic mass is 16.6. The number of rotatable bonds is 10. The first-order chi connectivity index (χ1) is 19.9. The first kappa shape index (κ1) is 31.6. The molecule has 3 N–H and O–H groups in total. The summed E-state index contributed by atoms with van der Waals surface area (Å²) in [5, 5.41) is 17.3. The predicted octanol–water partition coefficient (Wildman–Crippen LogP) is 5.54. The van der Waals surface area contributed by atoms with Crippen LogP contribution in [0.3, 0.4) is 0 Å². The number of para-hydroxylation sites is 2. The van der Waals surface area contributed by atoms with E-state index in [2.05, 4.69) is 27.0 Å². The Balaban J connectivity index is 1.67. The summed E-state index contributed by atoms with van der Waals surface area (Å²) in [6, 6.07) is 18.6. The van der Waals surface area contributed by atoms with E-state index in [0.29, 0.717) is 29.2 Å². The van der Waals surface area contributed by atoms with Gasteiger partial charge in [-0.05, 0) is 95.9 Å². The zero-order valence-electron chi connectivity index (χ0n) is 24.6. The molecule has 0 fully saturated rings. The fourth-order valence-corrected chi connectivity index (χ4v) is 3.83. The Labute approximate surface area is 246 Å². The van der Waals surface area contributed by atoms with Gasteiger partial charge < -0.3 is 25.2 Å². The predicted molar refractivity (Wildman–Crippen MR) is 162 cm³/mol. The average molecular weight is 572 g/mol. The molecule has 0 bridgehead atoms. The number of aromatic nitrogens is 1. The fourth-order valence-electron chi connectivity index (χ4n) is 3.83. The summed E-state index contributed by atoms with van der Waals surface area (Å²) in [6.07, 6.45) is 1.69. The molecule has 0 aliphatic rings. The van der Waals surface area contributed by atoms with Crippen molar-refractivity contribution in [1.29, 1.82) is 5.26 Å². The van der Waals surface area contributed by atoms with Gasteiger partial charge >= 0.3 is 12.1 Å². The van der Waals surface area contributed by atoms with E-state index in [4.69, 9.17) is 10.00 Å². The molecular weight excluding hydrogens is 534 g/mol. The Kier molecular flexibility index (Phi) is 11.0.